The first kappa shape index (κ1) is 20.9. The molecule has 1 aromatic carbocycles. The highest BCUT2D eigenvalue weighted by atomic mass is 32.2. The molecular weight excluding hydrogens is 350 g/mol. The molecule has 1 aromatic rings. The Bertz CT molecular complexity index is 749. The Morgan fingerprint density at radius 3 is 1.88 bits per heavy atom. The third kappa shape index (κ3) is 5.73. The monoisotopic (exact) mass is 377 g/mol. The van der Waals surface area contributed by atoms with Gasteiger partial charge >= 0.3 is 0 Å². The summed E-state index contributed by atoms with van der Waals surface area (Å²) in [7, 11) is -4.30. The molecule has 0 fully saturated rings. The Kier molecular flexibility index (Phi) is 6.43. The molecule has 0 saturated heterocycles. The van der Waals surface area contributed by atoms with Crippen molar-refractivity contribution >= 4 is 25.9 Å². The van der Waals surface area contributed by atoms with E-state index < -0.39 is 20.2 Å². The Hall–Kier alpha value is -1.16. The molecule has 138 valence electrons. The van der Waals surface area contributed by atoms with E-state index in [1.807, 2.05) is 12.1 Å². The van der Waals surface area contributed by atoms with Gasteiger partial charge in [-0.25, -0.2) is 13.1 Å². The fraction of sp³-hybridized carbons (Fsp3) is 0.600. The molecule has 0 radical (unpaired) electrons. The fourth-order valence-corrected chi connectivity index (χ4v) is 3.55. The van der Waals surface area contributed by atoms with Gasteiger partial charge in [0.05, 0.1) is 11.9 Å². The number of hydrogen-bond donors (Lipinski definition) is 1. The molecule has 0 aliphatic rings. The third-order valence-corrected chi connectivity index (χ3v) is 6.23. The average Bonchev–Trinajstić information content (AvgIpc) is 2.41. The second-order valence-electron chi connectivity index (χ2n) is 6.81. The molecule has 0 aliphatic carbocycles. The van der Waals surface area contributed by atoms with Crippen molar-refractivity contribution in [2.75, 3.05) is 37.7 Å². The largest absolute Gasteiger partial charge is 0.278 e. The minimum Gasteiger partial charge on any atom is -0.269 e. The van der Waals surface area contributed by atoms with Gasteiger partial charge in [-0.3, -0.25) is 4.31 Å². The first-order valence-electron chi connectivity index (χ1n) is 7.50. The maximum Gasteiger partial charge on any atom is 0.278 e. The maximum absolute atomic E-state index is 12.0. The second-order valence-corrected chi connectivity index (χ2v) is 10.7. The van der Waals surface area contributed by atoms with E-state index in [2.05, 4.69) is 25.5 Å². The molecule has 0 saturated carbocycles. The van der Waals surface area contributed by atoms with Gasteiger partial charge in [-0.1, -0.05) is 32.9 Å². The number of benzene rings is 1. The van der Waals surface area contributed by atoms with Crippen LogP contribution in [0.2, 0.25) is 0 Å². The molecule has 1 rings (SSSR count). The lowest BCUT2D eigenvalue weighted by atomic mass is 9.87. The van der Waals surface area contributed by atoms with Crippen LogP contribution >= 0.6 is 0 Å². The zero-order chi connectivity index (χ0) is 18.8. The van der Waals surface area contributed by atoms with E-state index in [1.165, 1.54) is 18.4 Å². The first-order chi connectivity index (χ1) is 10.7. The van der Waals surface area contributed by atoms with Crippen LogP contribution in [0.3, 0.4) is 0 Å². The first-order valence-corrected chi connectivity index (χ1v) is 10.8. The van der Waals surface area contributed by atoms with E-state index in [-0.39, 0.29) is 18.5 Å². The van der Waals surface area contributed by atoms with Crippen LogP contribution in [0.4, 0.5) is 5.69 Å². The molecule has 0 atom stereocenters. The van der Waals surface area contributed by atoms with E-state index in [1.54, 1.807) is 12.1 Å². The van der Waals surface area contributed by atoms with E-state index >= 15 is 0 Å². The van der Waals surface area contributed by atoms with Gasteiger partial charge in [0.15, 0.2) is 0 Å². The van der Waals surface area contributed by atoms with Crippen molar-refractivity contribution in [1.29, 1.82) is 0 Å². The van der Waals surface area contributed by atoms with Crippen LogP contribution < -0.4 is 9.03 Å². The summed E-state index contributed by atoms with van der Waals surface area (Å²) in [5, 5.41) is 0. The lowest BCUT2D eigenvalue weighted by Crippen LogP contribution is -2.42. The smallest absolute Gasteiger partial charge is 0.269 e. The van der Waals surface area contributed by atoms with Crippen LogP contribution in [0.1, 0.15) is 26.3 Å². The van der Waals surface area contributed by atoms with Gasteiger partial charge in [0.2, 0.25) is 10.0 Å². The molecule has 0 amide bonds. The number of rotatable bonds is 7. The van der Waals surface area contributed by atoms with Gasteiger partial charge < -0.3 is 0 Å². The highest BCUT2D eigenvalue weighted by Gasteiger charge is 2.20. The predicted molar refractivity (Wildman–Crippen MR) is 97.9 cm³/mol. The number of anilines is 1. The fourth-order valence-electron chi connectivity index (χ4n) is 2.02. The van der Waals surface area contributed by atoms with Gasteiger partial charge in [-0.05, 0) is 23.1 Å². The quantitative estimate of drug-likeness (QED) is 0.772. The van der Waals surface area contributed by atoms with Crippen LogP contribution in [0, 0.1) is 0 Å². The summed E-state index contributed by atoms with van der Waals surface area (Å²) >= 11 is 0. The predicted octanol–water partition coefficient (Wildman–Crippen LogP) is 1.15. The Morgan fingerprint density at radius 1 is 1.00 bits per heavy atom. The van der Waals surface area contributed by atoms with E-state index in [0.29, 0.717) is 5.69 Å². The number of nitrogens with one attached hydrogen (secondary N) is 1. The lowest BCUT2D eigenvalue weighted by Gasteiger charge is -2.25. The van der Waals surface area contributed by atoms with Gasteiger partial charge in [-0.15, -0.1) is 0 Å². The van der Waals surface area contributed by atoms with Crippen LogP contribution in [0.15, 0.2) is 24.3 Å². The highest BCUT2D eigenvalue weighted by molar-refractivity contribution is 7.92. The standard InChI is InChI=1S/C15H27N3O4S2/c1-15(2,3)13-7-9-14(10-8-13)18(23(6,19)20)12-11-16-24(21,22)17(4)5/h7-10,16H,11-12H2,1-6H3. The summed E-state index contributed by atoms with van der Waals surface area (Å²) in [5.41, 5.74) is 1.57. The van der Waals surface area contributed by atoms with Crippen molar-refractivity contribution < 1.29 is 16.8 Å². The third-order valence-electron chi connectivity index (χ3n) is 3.50. The van der Waals surface area contributed by atoms with Crippen LogP contribution in [0.25, 0.3) is 0 Å². The number of sulfonamides is 1. The lowest BCUT2D eigenvalue weighted by molar-refractivity contribution is 0.506. The number of hydrogen-bond acceptors (Lipinski definition) is 4. The molecule has 0 heterocycles. The van der Waals surface area contributed by atoms with Gasteiger partial charge in [0.1, 0.15) is 0 Å². The summed E-state index contributed by atoms with van der Waals surface area (Å²) in [4.78, 5) is 0. The molecule has 9 heteroatoms. The molecule has 0 spiro atoms. The van der Waals surface area contributed by atoms with Crippen LogP contribution in [-0.2, 0) is 25.6 Å². The van der Waals surface area contributed by atoms with Crippen LogP contribution in [0.5, 0.6) is 0 Å². The molecule has 0 unspecified atom stereocenters. The summed E-state index contributed by atoms with van der Waals surface area (Å²) < 4.78 is 52.1. The minimum absolute atomic E-state index is 0.0147. The highest BCUT2D eigenvalue weighted by Crippen LogP contribution is 2.25. The van der Waals surface area contributed by atoms with Gasteiger partial charge in [0.25, 0.3) is 10.2 Å². The van der Waals surface area contributed by atoms with Crippen molar-refractivity contribution in [1.82, 2.24) is 9.03 Å². The van der Waals surface area contributed by atoms with Gasteiger partial charge in [0, 0.05) is 27.2 Å². The molecule has 0 aliphatic heterocycles. The average molecular weight is 378 g/mol. The second kappa shape index (κ2) is 7.38. The molecule has 0 aromatic heterocycles. The maximum atomic E-state index is 12.0. The molecular formula is C15H27N3O4S2. The molecule has 24 heavy (non-hydrogen) atoms. The summed E-state index contributed by atoms with van der Waals surface area (Å²) in [6, 6.07) is 7.25. The van der Waals surface area contributed by atoms with Gasteiger partial charge in [-0.2, -0.15) is 12.7 Å². The molecule has 1 N–H and O–H groups in total. The summed E-state index contributed by atoms with van der Waals surface area (Å²) in [5.74, 6) is 0. The van der Waals surface area contributed by atoms with Crippen molar-refractivity contribution in [3.63, 3.8) is 0 Å². The zero-order valence-corrected chi connectivity index (χ0v) is 16.7. The molecule has 0 bridgehead atoms. The van der Waals surface area contributed by atoms with Crippen molar-refractivity contribution in [2.24, 2.45) is 0 Å². The van der Waals surface area contributed by atoms with E-state index in [4.69, 9.17) is 0 Å². The minimum atomic E-state index is -3.59. The molecule has 7 nitrogen and oxygen atoms in total. The van der Waals surface area contributed by atoms with E-state index in [0.717, 1.165) is 16.1 Å². The number of nitrogens with zero attached hydrogens (tertiary/aromatic N) is 2. The van der Waals surface area contributed by atoms with Crippen molar-refractivity contribution in [3.8, 4) is 0 Å². The Morgan fingerprint density at radius 2 is 1.50 bits per heavy atom. The Labute approximate surface area is 145 Å². The van der Waals surface area contributed by atoms with Crippen molar-refractivity contribution in [3.05, 3.63) is 29.8 Å². The van der Waals surface area contributed by atoms with E-state index in [9.17, 15) is 16.8 Å². The summed E-state index contributed by atoms with van der Waals surface area (Å²) in [6.45, 7) is 6.22. The zero-order valence-electron chi connectivity index (χ0n) is 15.1. The topological polar surface area (TPSA) is 86.8 Å². The van der Waals surface area contributed by atoms with Crippen LogP contribution in [-0.4, -0.2) is 54.6 Å². The Balaban J connectivity index is 2.96. The van der Waals surface area contributed by atoms with Crippen molar-refractivity contribution in [2.45, 2.75) is 26.2 Å². The normalized spacial score (nSPS) is 13.3. The summed E-state index contributed by atoms with van der Waals surface area (Å²) in [6.07, 6.45) is 1.10. The SMILES string of the molecule is CN(C)S(=O)(=O)NCCN(c1ccc(C(C)(C)C)cc1)S(C)(=O)=O.